The first-order valence-electron chi connectivity index (χ1n) is 7.70. The highest BCUT2D eigenvalue weighted by Gasteiger charge is 2.28. The van der Waals surface area contributed by atoms with Crippen molar-refractivity contribution >= 4 is 33.9 Å². The standard InChI is InChI=1S/C16H24N2O3S/c1-12(19)21-10-15(20)18(13-7-5-4-6-8-13)16-9-14(11-22-16)17(2)3/h9,11,13H,4-8,10H2,1-3H3. The third-order valence-corrected chi connectivity index (χ3v) is 4.85. The van der Waals surface area contributed by atoms with E-state index in [2.05, 4.69) is 0 Å². The molecule has 0 unspecified atom stereocenters. The van der Waals surface area contributed by atoms with E-state index >= 15 is 0 Å². The molecule has 1 aliphatic carbocycles. The smallest absolute Gasteiger partial charge is 0.303 e. The van der Waals surface area contributed by atoms with Crippen LogP contribution in [0.4, 0.5) is 10.7 Å². The van der Waals surface area contributed by atoms with Crippen LogP contribution in [0, 0.1) is 0 Å². The molecule has 0 aliphatic heterocycles. The number of anilines is 2. The minimum absolute atomic E-state index is 0.130. The molecule has 1 heterocycles. The summed E-state index contributed by atoms with van der Waals surface area (Å²) >= 11 is 1.57. The summed E-state index contributed by atoms with van der Waals surface area (Å²) in [7, 11) is 3.97. The van der Waals surface area contributed by atoms with Crippen LogP contribution in [0.1, 0.15) is 39.0 Å². The van der Waals surface area contributed by atoms with Crippen LogP contribution in [-0.2, 0) is 14.3 Å². The number of ether oxygens (including phenoxy) is 1. The third kappa shape index (κ3) is 4.22. The van der Waals surface area contributed by atoms with Gasteiger partial charge in [0.15, 0.2) is 6.61 Å². The zero-order valence-corrected chi connectivity index (χ0v) is 14.3. The van der Waals surface area contributed by atoms with Crippen molar-refractivity contribution < 1.29 is 14.3 Å². The van der Waals surface area contributed by atoms with E-state index in [4.69, 9.17) is 4.74 Å². The van der Waals surface area contributed by atoms with Gasteiger partial charge in [-0.1, -0.05) is 19.3 Å². The topological polar surface area (TPSA) is 49.9 Å². The molecule has 0 saturated heterocycles. The van der Waals surface area contributed by atoms with Crippen LogP contribution in [0.15, 0.2) is 11.4 Å². The second kappa shape index (κ2) is 7.63. The molecule has 1 aromatic heterocycles. The van der Waals surface area contributed by atoms with Crippen molar-refractivity contribution in [3.63, 3.8) is 0 Å². The van der Waals surface area contributed by atoms with Crippen molar-refractivity contribution in [3.8, 4) is 0 Å². The summed E-state index contributed by atoms with van der Waals surface area (Å²) in [5, 5.41) is 2.98. The van der Waals surface area contributed by atoms with Gasteiger partial charge in [0.25, 0.3) is 5.91 Å². The third-order valence-electron chi connectivity index (χ3n) is 3.93. The van der Waals surface area contributed by atoms with Gasteiger partial charge in [-0.05, 0) is 18.9 Å². The van der Waals surface area contributed by atoms with Crippen molar-refractivity contribution in [1.82, 2.24) is 0 Å². The average Bonchev–Trinajstić information content (AvgIpc) is 2.96. The lowest BCUT2D eigenvalue weighted by molar-refractivity contribution is -0.145. The molecule has 122 valence electrons. The maximum atomic E-state index is 12.6. The van der Waals surface area contributed by atoms with E-state index in [-0.39, 0.29) is 18.6 Å². The van der Waals surface area contributed by atoms with Gasteiger partial charge in [0.2, 0.25) is 0 Å². The van der Waals surface area contributed by atoms with Crippen LogP contribution >= 0.6 is 11.3 Å². The fourth-order valence-electron chi connectivity index (χ4n) is 2.75. The molecule has 1 saturated carbocycles. The van der Waals surface area contributed by atoms with Gasteiger partial charge in [-0.3, -0.25) is 14.5 Å². The molecule has 1 amide bonds. The highest BCUT2D eigenvalue weighted by atomic mass is 32.1. The van der Waals surface area contributed by atoms with Crippen LogP contribution in [0.25, 0.3) is 0 Å². The van der Waals surface area contributed by atoms with Gasteiger partial charge in [0.05, 0.1) is 5.00 Å². The fourth-order valence-corrected chi connectivity index (χ4v) is 3.83. The lowest BCUT2D eigenvalue weighted by Gasteiger charge is -2.33. The van der Waals surface area contributed by atoms with Gasteiger partial charge in [-0.15, -0.1) is 11.3 Å². The van der Waals surface area contributed by atoms with E-state index in [0.29, 0.717) is 0 Å². The van der Waals surface area contributed by atoms with E-state index in [9.17, 15) is 9.59 Å². The number of esters is 1. The first kappa shape index (κ1) is 16.8. The maximum Gasteiger partial charge on any atom is 0.303 e. The predicted octanol–water partition coefficient (Wildman–Crippen LogP) is 3.04. The van der Waals surface area contributed by atoms with Crippen molar-refractivity contribution in [2.75, 3.05) is 30.5 Å². The summed E-state index contributed by atoms with van der Waals surface area (Å²) in [6.07, 6.45) is 5.56. The van der Waals surface area contributed by atoms with Crippen molar-refractivity contribution in [2.24, 2.45) is 0 Å². The first-order valence-corrected chi connectivity index (χ1v) is 8.58. The quantitative estimate of drug-likeness (QED) is 0.781. The summed E-state index contributed by atoms with van der Waals surface area (Å²) in [5.41, 5.74) is 1.08. The highest BCUT2D eigenvalue weighted by molar-refractivity contribution is 7.14. The van der Waals surface area contributed by atoms with Gasteiger partial charge in [0.1, 0.15) is 0 Å². The minimum Gasteiger partial charge on any atom is -0.456 e. The van der Waals surface area contributed by atoms with Crippen molar-refractivity contribution in [3.05, 3.63) is 11.4 Å². The Morgan fingerprint density at radius 1 is 1.27 bits per heavy atom. The summed E-state index contributed by atoms with van der Waals surface area (Å²) in [6, 6.07) is 2.25. The summed E-state index contributed by atoms with van der Waals surface area (Å²) in [5.74, 6) is -0.550. The molecule has 1 aliphatic rings. The molecule has 6 heteroatoms. The van der Waals surface area contributed by atoms with E-state index in [1.165, 1.54) is 13.3 Å². The number of thiophene rings is 1. The Labute approximate surface area is 135 Å². The van der Waals surface area contributed by atoms with E-state index < -0.39 is 5.97 Å². The van der Waals surface area contributed by atoms with Crippen LogP contribution < -0.4 is 9.80 Å². The van der Waals surface area contributed by atoms with Crippen molar-refractivity contribution in [2.45, 2.75) is 45.1 Å². The molecule has 1 aromatic rings. The SMILES string of the molecule is CC(=O)OCC(=O)N(c1cc(N(C)C)cs1)C1CCCCC1. The Morgan fingerprint density at radius 2 is 1.95 bits per heavy atom. The first-order chi connectivity index (χ1) is 10.5. The zero-order chi connectivity index (χ0) is 16.1. The maximum absolute atomic E-state index is 12.6. The van der Waals surface area contributed by atoms with E-state index in [0.717, 1.165) is 36.4 Å². The van der Waals surface area contributed by atoms with Gasteiger partial charge >= 0.3 is 5.97 Å². The van der Waals surface area contributed by atoms with Crippen LogP contribution in [0.2, 0.25) is 0 Å². The number of rotatable bonds is 5. The molecular formula is C16H24N2O3S. The Kier molecular flexibility index (Phi) is 5.83. The molecule has 0 radical (unpaired) electrons. The summed E-state index contributed by atoms with van der Waals surface area (Å²) in [4.78, 5) is 27.4. The largest absolute Gasteiger partial charge is 0.456 e. The second-order valence-corrected chi connectivity index (χ2v) is 6.76. The van der Waals surface area contributed by atoms with Crippen LogP contribution in [0.3, 0.4) is 0 Å². The Bertz CT molecular complexity index is 521. The van der Waals surface area contributed by atoms with Gasteiger partial charge in [-0.25, -0.2) is 0 Å². The second-order valence-electron chi connectivity index (χ2n) is 5.87. The van der Waals surface area contributed by atoms with Crippen LogP contribution in [0.5, 0.6) is 0 Å². The molecule has 0 N–H and O–H groups in total. The molecule has 5 nitrogen and oxygen atoms in total. The van der Waals surface area contributed by atoms with Gasteiger partial charge < -0.3 is 9.64 Å². The molecule has 0 spiro atoms. The number of hydrogen-bond acceptors (Lipinski definition) is 5. The fraction of sp³-hybridized carbons (Fsp3) is 0.625. The lowest BCUT2D eigenvalue weighted by atomic mass is 9.94. The Morgan fingerprint density at radius 3 is 2.50 bits per heavy atom. The number of amides is 1. The normalized spacial score (nSPS) is 15.4. The highest BCUT2D eigenvalue weighted by Crippen LogP contribution is 2.34. The molecular weight excluding hydrogens is 300 g/mol. The van der Waals surface area contributed by atoms with Gasteiger partial charge in [0, 0.05) is 38.1 Å². The van der Waals surface area contributed by atoms with Crippen molar-refractivity contribution in [1.29, 1.82) is 0 Å². The average molecular weight is 324 g/mol. The molecule has 0 bridgehead atoms. The van der Waals surface area contributed by atoms with Crippen LogP contribution in [-0.4, -0.2) is 38.6 Å². The molecule has 22 heavy (non-hydrogen) atoms. The number of carbonyl (C=O) groups is 2. The Balaban J connectivity index is 2.19. The van der Waals surface area contributed by atoms with E-state index in [1.807, 2.05) is 35.3 Å². The molecule has 0 aromatic carbocycles. The number of carbonyl (C=O) groups excluding carboxylic acids is 2. The van der Waals surface area contributed by atoms with E-state index in [1.54, 1.807) is 11.3 Å². The predicted molar refractivity (Wildman–Crippen MR) is 89.6 cm³/mol. The monoisotopic (exact) mass is 324 g/mol. The number of nitrogens with zero attached hydrogens (tertiary/aromatic N) is 2. The summed E-state index contributed by atoms with van der Waals surface area (Å²) in [6.45, 7) is 1.15. The van der Waals surface area contributed by atoms with Gasteiger partial charge in [-0.2, -0.15) is 0 Å². The molecule has 0 atom stereocenters. The minimum atomic E-state index is -0.419. The number of hydrogen-bond donors (Lipinski definition) is 0. The molecule has 1 fully saturated rings. The Hall–Kier alpha value is -1.56. The summed E-state index contributed by atoms with van der Waals surface area (Å²) < 4.78 is 4.92. The molecule has 2 rings (SSSR count). The lowest BCUT2D eigenvalue weighted by Crippen LogP contribution is -2.43. The zero-order valence-electron chi connectivity index (χ0n) is 13.5.